The van der Waals surface area contributed by atoms with Crippen LogP contribution in [0.2, 0.25) is 0 Å². The Labute approximate surface area is 188 Å². The molecule has 0 fully saturated rings. The molecule has 15 nitrogen and oxygen atoms in total. The van der Waals surface area contributed by atoms with Crippen molar-refractivity contribution in [1.82, 2.24) is 0 Å². The minimum absolute atomic E-state index is 0.125. The van der Waals surface area contributed by atoms with Crippen LogP contribution in [-0.2, 0) is 9.53 Å². The summed E-state index contributed by atoms with van der Waals surface area (Å²) in [6.07, 6.45) is -1.01. The molecule has 0 bridgehead atoms. The van der Waals surface area contributed by atoms with Crippen LogP contribution >= 0.6 is 0 Å². The van der Waals surface area contributed by atoms with E-state index < -0.39 is 12.3 Å². The number of methoxy groups -OCH3 is 1. The summed E-state index contributed by atoms with van der Waals surface area (Å²) < 4.78 is 4.20. The Hall–Kier alpha value is -1.31. The van der Waals surface area contributed by atoms with Crippen LogP contribution < -0.4 is 0 Å². The predicted molar refractivity (Wildman–Crippen MR) is 113 cm³/mol. The van der Waals surface area contributed by atoms with Crippen LogP contribution in [0, 0.1) is 0 Å². The van der Waals surface area contributed by atoms with Gasteiger partial charge in [0.1, 0.15) is 0 Å². The molecule has 1 unspecified atom stereocenters. The molecule has 0 aliphatic heterocycles. The number of hydrogen-bond donors (Lipinski definition) is 13. The minimum Gasteiger partial charge on any atom is -0.478 e. The van der Waals surface area contributed by atoms with E-state index in [4.69, 9.17) is 66.4 Å². The Morgan fingerprint density at radius 3 is 0.812 bits per heavy atom. The summed E-state index contributed by atoms with van der Waals surface area (Å²) in [5, 5.41) is 100. The average Bonchev–Trinajstić information content (AvgIpc) is 2.84. The van der Waals surface area contributed by atoms with Gasteiger partial charge in [0.2, 0.25) is 0 Å². The molecule has 0 aliphatic rings. The Morgan fingerprint density at radius 2 is 0.812 bits per heavy atom. The summed E-state index contributed by atoms with van der Waals surface area (Å²) in [4.78, 5) is 9.60. The third-order valence-corrected chi connectivity index (χ3v) is 1.29. The summed E-state index contributed by atoms with van der Waals surface area (Å²) in [5.74, 6) is -0.935. The summed E-state index contributed by atoms with van der Waals surface area (Å²) in [6.45, 7) is 3.02. The third-order valence-electron chi connectivity index (χ3n) is 1.29. The number of carboxylic acid groups (broad SMARTS) is 1. The van der Waals surface area contributed by atoms with E-state index in [-0.39, 0.29) is 78.2 Å². The Kier molecular flexibility index (Phi) is 95.0. The molecule has 32 heavy (non-hydrogen) atoms. The lowest BCUT2D eigenvalue weighted by Gasteiger charge is -1.99. The maximum atomic E-state index is 9.60. The van der Waals surface area contributed by atoms with E-state index in [9.17, 15) is 4.79 Å². The molecule has 15 heteroatoms. The lowest BCUT2D eigenvalue weighted by molar-refractivity contribution is -0.132. The lowest BCUT2D eigenvalue weighted by Crippen LogP contribution is -2.12. The Bertz CT molecular complexity index is 231. The first-order valence-corrected chi connectivity index (χ1v) is 8.82. The largest absolute Gasteiger partial charge is 0.478 e. The molecule has 13 N–H and O–H groups in total. The van der Waals surface area contributed by atoms with E-state index in [1.807, 2.05) is 0 Å². The van der Waals surface area contributed by atoms with Crippen molar-refractivity contribution in [2.24, 2.45) is 0 Å². The van der Waals surface area contributed by atoms with Crippen LogP contribution in [0.1, 0.15) is 6.92 Å². The van der Waals surface area contributed by atoms with Gasteiger partial charge in [-0.25, -0.2) is 4.79 Å². The number of aliphatic hydroxyl groups excluding tert-OH is 12. The van der Waals surface area contributed by atoms with E-state index in [0.717, 1.165) is 0 Å². The first-order valence-electron chi connectivity index (χ1n) is 8.82. The molecule has 0 aromatic rings. The SMILES string of the molecule is C=C(C)C(=O)O.COC(O)CO.OCCO.OCCO.OCCO.OCCO.OCCO. The molecule has 0 saturated carbocycles. The lowest BCUT2D eigenvalue weighted by atomic mass is 10.4. The van der Waals surface area contributed by atoms with Crippen LogP contribution in [0.4, 0.5) is 0 Å². The van der Waals surface area contributed by atoms with Gasteiger partial charge in [0, 0.05) is 12.7 Å². The van der Waals surface area contributed by atoms with Crippen molar-refractivity contribution >= 4 is 5.97 Å². The zero-order valence-electron chi connectivity index (χ0n) is 18.7. The molecule has 0 saturated heterocycles. The van der Waals surface area contributed by atoms with Crippen molar-refractivity contribution in [3.8, 4) is 0 Å². The third kappa shape index (κ3) is 161. The van der Waals surface area contributed by atoms with Gasteiger partial charge >= 0.3 is 5.97 Å². The highest BCUT2D eigenvalue weighted by Crippen LogP contribution is 1.81. The number of carbonyl (C=O) groups is 1. The van der Waals surface area contributed by atoms with Crippen molar-refractivity contribution in [2.75, 3.05) is 79.8 Å². The van der Waals surface area contributed by atoms with Crippen molar-refractivity contribution in [1.29, 1.82) is 0 Å². The number of ether oxygens (including phenoxy) is 1. The van der Waals surface area contributed by atoms with Gasteiger partial charge < -0.3 is 71.1 Å². The van der Waals surface area contributed by atoms with Gasteiger partial charge in [-0.1, -0.05) is 6.58 Å². The number of carboxylic acids is 1. The van der Waals surface area contributed by atoms with Gasteiger partial charge in [-0.3, -0.25) is 0 Å². The second-order valence-electron chi connectivity index (χ2n) is 4.19. The molecule has 0 aromatic carbocycles. The minimum atomic E-state index is -1.01. The van der Waals surface area contributed by atoms with Gasteiger partial charge in [-0.05, 0) is 6.92 Å². The summed E-state index contributed by atoms with van der Waals surface area (Å²) >= 11 is 0. The summed E-state index contributed by atoms with van der Waals surface area (Å²) in [7, 11) is 1.32. The van der Waals surface area contributed by atoms with E-state index in [2.05, 4.69) is 11.3 Å². The van der Waals surface area contributed by atoms with Crippen molar-refractivity contribution in [2.45, 2.75) is 13.2 Å². The maximum absolute atomic E-state index is 9.60. The fourth-order valence-corrected chi connectivity index (χ4v) is 0.0745. The van der Waals surface area contributed by atoms with Gasteiger partial charge in [-0.2, -0.15) is 0 Å². The van der Waals surface area contributed by atoms with Gasteiger partial charge in [0.25, 0.3) is 0 Å². The van der Waals surface area contributed by atoms with E-state index in [1.165, 1.54) is 14.0 Å². The fourth-order valence-electron chi connectivity index (χ4n) is 0.0745. The summed E-state index contributed by atoms with van der Waals surface area (Å²) in [6, 6.07) is 0. The quantitative estimate of drug-likeness (QED) is 0.112. The highest BCUT2D eigenvalue weighted by Gasteiger charge is 1.92. The normalized spacial score (nSPS) is 8.81. The van der Waals surface area contributed by atoms with E-state index in [1.54, 1.807) is 0 Å². The molecule has 202 valence electrons. The van der Waals surface area contributed by atoms with Crippen LogP contribution in [0.25, 0.3) is 0 Å². The van der Waals surface area contributed by atoms with E-state index >= 15 is 0 Å². The Balaban J connectivity index is -0.0000000460. The molecule has 0 amide bonds. The van der Waals surface area contributed by atoms with Crippen molar-refractivity contribution in [3.63, 3.8) is 0 Å². The number of aliphatic carboxylic acids is 1. The van der Waals surface area contributed by atoms with Crippen LogP contribution in [0.5, 0.6) is 0 Å². The monoisotopic (exact) mass is 488 g/mol. The van der Waals surface area contributed by atoms with Crippen LogP contribution in [0.3, 0.4) is 0 Å². The standard InChI is InChI=1S/C4H6O2.C3H8O3.5C2H6O2/c1-3(2)4(5)6;1-6-3(5)2-4;5*3-1-2-4/h1H2,2H3,(H,5,6);3-5H,2H2,1H3;5*3-4H,1-2H2. The fraction of sp³-hybridized carbons (Fsp3) is 0.824. The van der Waals surface area contributed by atoms with Crippen LogP contribution in [-0.4, -0.2) is 158 Å². The first kappa shape index (κ1) is 48.2. The highest BCUT2D eigenvalue weighted by molar-refractivity contribution is 5.84. The number of rotatable bonds is 8. The zero-order valence-corrected chi connectivity index (χ0v) is 18.7. The molecule has 0 rings (SSSR count). The number of aliphatic hydroxyl groups is 12. The topological polar surface area (TPSA) is 289 Å². The Morgan fingerprint density at radius 1 is 0.656 bits per heavy atom. The van der Waals surface area contributed by atoms with Crippen LogP contribution in [0.15, 0.2) is 12.2 Å². The zero-order chi connectivity index (χ0) is 27.2. The molecule has 0 heterocycles. The second-order valence-corrected chi connectivity index (χ2v) is 4.19. The molecule has 0 aromatic heterocycles. The molecule has 0 spiro atoms. The molecular weight excluding hydrogens is 444 g/mol. The highest BCUT2D eigenvalue weighted by atomic mass is 16.6. The van der Waals surface area contributed by atoms with Crippen molar-refractivity contribution < 1.29 is 75.9 Å². The molecular formula is C17H44O15. The number of hydrogen-bond acceptors (Lipinski definition) is 14. The first-order chi connectivity index (χ1) is 15.0. The predicted octanol–water partition coefficient (Wildman–Crippen LogP) is -5.55. The second kappa shape index (κ2) is 63.0. The summed E-state index contributed by atoms with van der Waals surface area (Å²) in [5.41, 5.74) is 0.176. The van der Waals surface area contributed by atoms with Gasteiger partial charge in [0.05, 0.1) is 72.7 Å². The molecule has 0 aliphatic carbocycles. The van der Waals surface area contributed by atoms with Crippen molar-refractivity contribution in [3.05, 3.63) is 12.2 Å². The van der Waals surface area contributed by atoms with Gasteiger partial charge in [0.15, 0.2) is 6.29 Å². The average molecular weight is 489 g/mol. The van der Waals surface area contributed by atoms with E-state index in [0.29, 0.717) is 0 Å². The van der Waals surface area contributed by atoms with Gasteiger partial charge in [-0.15, -0.1) is 0 Å². The molecule has 1 atom stereocenters. The maximum Gasteiger partial charge on any atom is 0.330 e. The molecule has 0 radical (unpaired) electrons. The smallest absolute Gasteiger partial charge is 0.330 e.